The highest BCUT2D eigenvalue weighted by atomic mass is 19.3. The SMILES string of the molecule is COCC(F)(F)COCc1ccc([C@@]2(O)CCN(C(=O)O)C(C(C)(C)C)[C@@H]2c2ccc(-c3ccccc3CCNC(C)=O)cc2C)cc1. The number of hydrogen-bond donors (Lipinski definition) is 3. The fourth-order valence-corrected chi connectivity index (χ4v) is 7.01. The van der Waals surface area contributed by atoms with E-state index in [4.69, 9.17) is 4.74 Å². The number of halogens is 2. The summed E-state index contributed by atoms with van der Waals surface area (Å²) in [6, 6.07) is 20.6. The zero-order valence-corrected chi connectivity index (χ0v) is 28.7. The summed E-state index contributed by atoms with van der Waals surface area (Å²) in [6.45, 7) is 8.56. The van der Waals surface area contributed by atoms with Gasteiger partial charge in [-0.3, -0.25) is 4.79 Å². The van der Waals surface area contributed by atoms with Gasteiger partial charge >= 0.3 is 6.09 Å². The molecule has 0 saturated carbocycles. The molecule has 10 heteroatoms. The van der Waals surface area contributed by atoms with Crippen LogP contribution in [-0.4, -0.2) is 72.5 Å². The van der Waals surface area contributed by atoms with Crippen molar-refractivity contribution in [2.45, 2.75) is 77.6 Å². The molecular formula is C38H48F2N2O6. The minimum Gasteiger partial charge on any atom is -0.465 e. The fourth-order valence-electron chi connectivity index (χ4n) is 7.01. The molecule has 3 N–H and O–H groups in total. The topological polar surface area (TPSA) is 108 Å². The molecule has 8 nitrogen and oxygen atoms in total. The number of ether oxygens (including phenoxy) is 2. The highest BCUT2D eigenvalue weighted by Crippen LogP contribution is 2.52. The van der Waals surface area contributed by atoms with E-state index in [1.165, 1.54) is 18.9 Å². The third-order valence-corrected chi connectivity index (χ3v) is 9.13. The number of hydrogen-bond acceptors (Lipinski definition) is 5. The molecule has 1 heterocycles. The lowest BCUT2D eigenvalue weighted by molar-refractivity contribution is -0.119. The van der Waals surface area contributed by atoms with Gasteiger partial charge in [0.15, 0.2) is 0 Å². The lowest BCUT2D eigenvalue weighted by Gasteiger charge is -2.54. The molecule has 3 atom stereocenters. The molecule has 1 saturated heterocycles. The summed E-state index contributed by atoms with van der Waals surface area (Å²) in [6.07, 6.45) is -0.208. The molecule has 0 aliphatic carbocycles. The van der Waals surface area contributed by atoms with Gasteiger partial charge in [-0.2, -0.15) is 0 Å². The standard InChI is InChI=1S/C38H48F2N2O6/c1-25-21-29(32-10-8-7-9-28(32)17-19-41-26(2)43)13-16-31(25)33-34(36(3,4)5)42(35(44)45)20-18-38(33,46)30-14-11-27(12-15-30)22-48-24-37(39,40)23-47-6/h7-16,21,33-34,46H,17-20,22-24H2,1-6H3,(H,41,43)(H,44,45)/t33-,34?,38-/m0/s1. The Hall–Kier alpha value is -3.86. The van der Waals surface area contributed by atoms with Crippen molar-refractivity contribution in [2.75, 3.05) is 33.4 Å². The Morgan fingerprint density at radius 2 is 1.73 bits per heavy atom. The van der Waals surface area contributed by atoms with E-state index in [1.54, 1.807) is 24.3 Å². The summed E-state index contributed by atoms with van der Waals surface area (Å²) in [5, 5.41) is 25.9. The molecule has 0 bridgehead atoms. The summed E-state index contributed by atoms with van der Waals surface area (Å²) in [5.41, 5.74) is 4.17. The molecule has 0 aromatic heterocycles. The maximum atomic E-state index is 13.8. The minimum absolute atomic E-state index is 0.0360. The van der Waals surface area contributed by atoms with E-state index < -0.39 is 48.2 Å². The van der Waals surface area contributed by atoms with Crippen LogP contribution in [0.25, 0.3) is 11.1 Å². The Morgan fingerprint density at radius 1 is 1.04 bits per heavy atom. The maximum Gasteiger partial charge on any atom is 0.407 e. The molecule has 1 unspecified atom stereocenters. The number of aryl methyl sites for hydroxylation is 1. The number of nitrogens with zero attached hydrogens (tertiary/aromatic N) is 1. The van der Waals surface area contributed by atoms with Crippen molar-refractivity contribution in [3.8, 4) is 11.1 Å². The number of carbonyl (C=O) groups excluding carboxylic acids is 1. The molecule has 260 valence electrons. The van der Waals surface area contributed by atoms with Gasteiger partial charge in [-0.25, -0.2) is 13.6 Å². The van der Waals surface area contributed by atoms with Crippen LogP contribution in [0.1, 0.15) is 67.9 Å². The number of likely N-dealkylation sites (tertiary alicyclic amines) is 1. The smallest absolute Gasteiger partial charge is 0.407 e. The number of piperidine rings is 1. The van der Waals surface area contributed by atoms with Crippen LogP contribution in [0, 0.1) is 12.3 Å². The summed E-state index contributed by atoms with van der Waals surface area (Å²) < 4.78 is 37.5. The molecule has 3 aromatic carbocycles. The van der Waals surface area contributed by atoms with Crippen LogP contribution in [0.4, 0.5) is 13.6 Å². The first-order valence-corrected chi connectivity index (χ1v) is 16.3. The maximum absolute atomic E-state index is 13.8. The van der Waals surface area contributed by atoms with Gasteiger partial charge in [0.1, 0.15) is 18.8 Å². The Bertz CT molecular complexity index is 1570. The molecule has 0 radical (unpaired) electrons. The van der Waals surface area contributed by atoms with Crippen molar-refractivity contribution >= 4 is 12.0 Å². The molecule has 48 heavy (non-hydrogen) atoms. The van der Waals surface area contributed by atoms with Gasteiger partial charge in [0.2, 0.25) is 5.91 Å². The minimum atomic E-state index is -3.10. The van der Waals surface area contributed by atoms with Gasteiger partial charge in [0.25, 0.3) is 5.92 Å². The van der Waals surface area contributed by atoms with Crippen molar-refractivity contribution in [1.29, 1.82) is 0 Å². The first kappa shape index (κ1) is 37.0. The van der Waals surface area contributed by atoms with E-state index in [9.17, 15) is 28.6 Å². The van der Waals surface area contributed by atoms with Crippen LogP contribution in [-0.2, 0) is 32.9 Å². The van der Waals surface area contributed by atoms with Crippen LogP contribution in [0.5, 0.6) is 0 Å². The van der Waals surface area contributed by atoms with Gasteiger partial charge in [0, 0.05) is 39.1 Å². The van der Waals surface area contributed by atoms with Crippen LogP contribution >= 0.6 is 0 Å². The van der Waals surface area contributed by atoms with Gasteiger partial charge in [-0.05, 0) is 64.1 Å². The summed E-state index contributed by atoms with van der Waals surface area (Å²) in [5.74, 6) is -3.80. The van der Waals surface area contributed by atoms with Crippen molar-refractivity contribution < 1.29 is 38.1 Å². The number of carbonyl (C=O) groups is 2. The Balaban J connectivity index is 1.73. The zero-order valence-electron chi connectivity index (χ0n) is 28.7. The number of rotatable bonds is 12. The van der Waals surface area contributed by atoms with Crippen molar-refractivity contribution in [3.05, 3.63) is 94.5 Å². The molecule has 1 aliphatic rings. The van der Waals surface area contributed by atoms with E-state index in [0.717, 1.165) is 27.8 Å². The first-order chi connectivity index (χ1) is 22.6. The van der Waals surface area contributed by atoms with Crippen LogP contribution in [0.15, 0.2) is 66.7 Å². The monoisotopic (exact) mass is 666 g/mol. The number of alkyl halides is 2. The average Bonchev–Trinajstić information content (AvgIpc) is 3.01. The highest BCUT2D eigenvalue weighted by Gasteiger charge is 2.54. The number of nitrogens with one attached hydrogen (secondary N) is 1. The molecule has 3 aromatic rings. The van der Waals surface area contributed by atoms with Crippen molar-refractivity contribution in [1.82, 2.24) is 10.2 Å². The number of methoxy groups -OCH3 is 1. The molecule has 4 rings (SSSR count). The molecule has 1 aliphatic heterocycles. The summed E-state index contributed by atoms with van der Waals surface area (Å²) in [7, 11) is 1.21. The van der Waals surface area contributed by atoms with Gasteiger partial charge in [-0.15, -0.1) is 0 Å². The molecule has 1 fully saturated rings. The van der Waals surface area contributed by atoms with E-state index in [-0.39, 0.29) is 25.5 Å². The average molecular weight is 667 g/mol. The third-order valence-electron chi connectivity index (χ3n) is 9.13. The van der Waals surface area contributed by atoms with E-state index in [0.29, 0.717) is 24.1 Å². The van der Waals surface area contributed by atoms with Gasteiger partial charge in [0.05, 0.1) is 6.61 Å². The number of benzene rings is 3. The van der Waals surface area contributed by atoms with Crippen molar-refractivity contribution in [2.24, 2.45) is 5.41 Å². The van der Waals surface area contributed by atoms with Crippen LogP contribution in [0.3, 0.4) is 0 Å². The van der Waals surface area contributed by atoms with Crippen LogP contribution < -0.4 is 5.32 Å². The quantitative estimate of drug-likeness (QED) is 0.194. The number of amides is 2. The lowest BCUT2D eigenvalue weighted by atomic mass is 9.62. The molecule has 2 amide bonds. The summed E-state index contributed by atoms with van der Waals surface area (Å²) >= 11 is 0. The molecule has 0 spiro atoms. The fraction of sp³-hybridized carbons (Fsp3) is 0.474. The lowest BCUT2D eigenvalue weighted by Crippen LogP contribution is -2.60. The first-order valence-electron chi connectivity index (χ1n) is 16.3. The highest BCUT2D eigenvalue weighted by molar-refractivity contribution is 5.73. The van der Waals surface area contributed by atoms with E-state index >= 15 is 0 Å². The second-order valence-electron chi connectivity index (χ2n) is 13.9. The second-order valence-corrected chi connectivity index (χ2v) is 13.9. The largest absolute Gasteiger partial charge is 0.465 e. The van der Waals surface area contributed by atoms with Crippen LogP contribution in [0.2, 0.25) is 0 Å². The predicted octanol–water partition coefficient (Wildman–Crippen LogP) is 6.91. The van der Waals surface area contributed by atoms with Gasteiger partial charge < -0.3 is 29.9 Å². The van der Waals surface area contributed by atoms with E-state index in [2.05, 4.69) is 16.1 Å². The second kappa shape index (κ2) is 15.1. The summed E-state index contributed by atoms with van der Waals surface area (Å²) in [4.78, 5) is 25.5. The van der Waals surface area contributed by atoms with E-state index in [1.807, 2.05) is 64.1 Å². The molecular weight excluding hydrogens is 618 g/mol. The Morgan fingerprint density at radius 3 is 2.33 bits per heavy atom. The van der Waals surface area contributed by atoms with Crippen molar-refractivity contribution in [3.63, 3.8) is 0 Å². The Labute approximate surface area is 282 Å². The predicted molar refractivity (Wildman–Crippen MR) is 181 cm³/mol. The zero-order chi connectivity index (χ0) is 35.3. The van der Waals surface area contributed by atoms with Gasteiger partial charge in [-0.1, -0.05) is 87.5 Å². The third kappa shape index (κ3) is 8.59. The number of aliphatic hydroxyl groups is 1. The number of carboxylic acid groups (broad SMARTS) is 1. The Kier molecular flexibility index (Phi) is 11.7. The normalized spacial score (nSPS) is 20.1.